The summed E-state index contributed by atoms with van der Waals surface area (Å²) in [5.41, 5.74) is -1.04. The minimum Gasteiger partial charge on any atom is -0.477 e. The van der Waals surface area contributed by atoms with Crippen LogP contribution in [0.4, 0.5) is 5.82 Å². The Bertz CT molecular complexity index is 1230. The smallest absolute Gasteiger partial charge is 0.281 e. The van der Waals surface area contributed by atoms with E-state index in [9.17, 15) is 18.3 Å². The lowest BCUT2D eigenvalue weighted by molar-refractivity contribution is -0.128. The zero-order valence-electron chi connectivity index (χ0n) is 19.7. The molecule has 2 saturated carbocycles. The zero-order valence-corrected chi connectivity index (χ0v) is 21.2. The molecule has 1 amide bonds. The van der Waals surface area contributed by atoms with Crippen LogP contribution in [0.25, 0.3) is 0 Å². The molecule has 35 heavy (non-hydrogen) atoms. The molecule has 10 heteroatoms. The van der Waals surface area contributed by atoms with Crippen LogP contribution in [-0.2, 0) is 14.8 Å². The van der Waals surface area contributed by atoms with Crippen molar-refractivity contribution in [1.82, 2.24) is 9.71 Å². The second-order valence-corrected chi connectivity index (χ2v) is 12.3. The molecule has 0 spiro atoms. The summed E-state index contributed by atoms with van der Waals surface area (Å²) in [6, 6.07) is 10.1. The van der Waals surface area contributed by atoms with Crippen molar-refractivity contribution in [2.75, 3.05) is 18.0 Å². The number of pyridine rings is 1. The van der Waals surface area contributed by atoms with Gasteiger partial charge in [0.2, 0.25) is 0 Å². The summed E-state index contributed by atoms with van der Waals surface area (Å²) in [5.74, 6) is 0.624. The van der Waals surface area contributed by atoms with Gasteiger partial charge < -0.3 is 14.7 Å². The van der Waals surface area contributed by atoms with Gasteiger partial charge in [-0.3, -0.25) is 4.79 Å². The van der Waals surface area contributed by atoms with Crippen molar-refractivity contribution < 1.29 is 23.1 Å². The van der Waals surface area contributed by atoms with Gasteiger partial charge in [0.05, 0.1) is 5.60 Å². The Kier molecular flexibility index (Phi) is 6.22. The van der Waals surface area contributed by atoms with Gasteiger partial charge in [0.15, 0.2) is 10.6 Å². The number of aliphatic hydroxyl groups is 1. The van der Waals surface area contributed by atoms with Crippen molar-refractivity contribution in [3.8, 4) is 5.75 Å². The van der Waals surface area contributed by atoms with Crippen LogP contribution in [0.3, 0.4) is 0 Å². The molecule has 8 nitrogen and oxygen atoms in total. The first-order valence-electron chi connectivity index (χ1n) is 12.1. The first-order chi connectivity index (χ1) is 16.6. The standard InChI is InChI=1S/C25H30ClN3O5S/c1-24(31)15-29(16-24)21-8-5-9-22(27-21)35(32,33)28-23(30)25(12-13-25)34-20-14-18(26)10-11-19(20)17-6-3-2-4-7-17/h5,8-11,14,17,31H,2-4,6-7,12-13,15-16H2,1H3,(H,28,30). The third-order valence-electron chi connectivity index (χ3n) is 7.04. The molecule has 5 rings (SSSR count). The Balaban J connectivity index is 1.32. The maximum absolute atomic E-state index is 13.1. The van der Waals surface area contributed by atoms with Gasteiger partial charge in [0.25, 0.3) is 15.9 Å². The van der Waals surface area contributed by atoms with Gasteiger partial charge in [-0.05, 0) is 55.5 Å². The van der Waals surface area contributed by atoms with Crippen LogP contribution in [0.15, 0.2) is 41.4 Å². The molecule has 0 atom stereocenters. The number of rotatable bonds is 7. The molecule has 1 aromatic heterocycles. The molecule has 1 aromatic carbocycles. The lowest BCUT2D eigenvalue weighted by Gasteiger charge is -2.44. The number of nitrogens with one attached hydrogen (secondary N) is 1. The van der Waals surface area contributed by atoms with E-state index in [0.29, 0.717) is 48.4 Å². The molecule has 3 fully saturated rings. The highest BCUT2D eigenvalue weighted by atomic mass is 35.5. The van der Waals surface area contributed by atoms with Crippen LogP contribution in [0, 0.1) is 0 Å². The van der Waals surface area contributed by atoms with E-state index in [1.54, 1.807) is 30.0 Å². The molecule has 0 unspecified atom stereocenters. The number of sulfonamides is 1. The highest BCUT2D eigenvalue weighted by molar-refractivity contribution is 7.90. The maximum atomic E-state index is 13.1. The first-order valence-corrected chi connectivity index (χ1v) is 13.9. The molecule has 2 N–H and O–H groups in total. The van der Waals surface area contributed by atoms with Crippen molar-refractivity contribution in [2.24, 2.45) is 0 Å². The molecule has 0 radical (unpaired) electrons. The Morgan fingerprint density at radius 1 is 1.17 bits per heavy atom. The number of β-amino-alcohol motifs (C(OH)–C–C–N with tert-alkyl or cyclic N) is 1. The molecule has 3 aliphatic rings. The molecule has 188 valence electrons. The van der Waals surface area contributed by atoms with Gasteiger partial charge in [0.1, 0.15) is 11.6 Å². The molecule has 2 aliphatic carbocycles. The summed E-state index contributed by atoms with van der Waals surface area (Å²) in [6.07, 6.45) is 6.47. The summed E-state index contributed by atoms with van der Waals surface area (Å²) in [7, 11) is -4.21. The number of amides is 1. The third-order valence-corrected chi connectivity index (χ3v) is 8.51. The summed E-state index contributed by atoms with van der Waals surface area (Å²) >= 11 is 6.24. The summed E-state index contributed by atoms with van der Waals surface area (Å²) < 4.78 is 34.4. The number of aromatic nitrogens is 1. The van der Waals surface area contributed by atoms with Crippen LogP contribution >= 0.6 is 11.6 Å². The van der Waals surface area contributed by atoms with Gasteiger partial charge in [-0.15, -0.1) is 0 Å². The summed E-state index contributed by atoms with van der Waals surface area (Å²) in [4.78, 5) is 19.1. The van der Waals surface area contributed by atoms with E-state index in [4.69, 9.17) is 16.3 Å². The normalized spacial score (nSPS) is 21.2. The van der Waals surface area contributed by atoms with Crippen LogP contribution in [0.2, 0.25) is 5.02 Å². The minimum absolute atomic E-state index is 0.253. The van der Waals surface area contributed by atoms with Crippen molar-refractivity contribution in [1.29, 1.82) is 0 Å². The number of ether oxygens (including phenoxy) is 1. The Hall–Kier alpha value is -2.36. The van der Waals surface area contributed by atoms with E-state index in [0.717, 1.165) is 31.2 Å². The second-order valence-electron chi connectivity index (χ2n) is 10.2. The van der Waals surface area contributed by atoms with Gasteiger partial charge >= 0.3 is 0 Å². The van der Waals surface area contributed by atoms with Crippen LogP contribution in [0.5, 0.6) is 5.75 Å². The topological polar surface area (TPSA) is 109 Å². The number of hydrogen-bond donors (Lipinski definition) is 2. The van der Waals surface area contributed by atoms with E-state index in [-0.39, 0.29) is 5.03 Å². The lowest BCUT2D eigenvalue weighted by Crippen LogP contribution is -2.60. The molecular weight excluding hydrogens is 490 g/mol. The van der Waals surface area contributed by atoms with Gasteiger partial charge in [0, 0.05) is 31.0 Å². The Labute approximate surface area is 210 Å². The van der Waals surface area contributed by atoms with Crippen molar-refractivity contribution in [2.45, 2.75) is 74.0 Å². The van der Waals surface area contributed by atoms with E-state index < -0.39 is 27.1 Å². The number of anilines is 1. The fourth-order valence-corrected chi connectivity index (χ4v) is 6.15. The Morgan fingerprint density at radius 2 is 1.89 bits per heavy atom. The fraction of sp³-hybridized carbons (Fsp3) is 0.520. The minimum atomic E-state index is -4.21. The first kappa shape index (κ1) is 24.3. The molecule has 1 aliphatic heterocycles. The van der Waals surface area contributed by atoms with Crippen molar-refractivity contribution in [3.05, 3.63) is 47.0 Å². The van der Waals surface area contributed by atoms with Crippen LogP contribution in [0.1, 0.15) is 63.4 Å². The fourth-order valence-electron chi connectivity index (χ4n) is 4.98. The average Bonchev–Trinajstić information content (AvgIpc) is 3.59. The number of carbonyl (C=O) groups is 1. The Morgan fingerprint density at radius 3 is 2.54 bits per heavy atom. The molecule has 2 aromatic rings. The van der Waals surface area contributed by atoms with Gasteiger partial charge in [-0.25, -0.2) is 9.71 Å². The predicted molar refractivity (Wildman–Crippen MR) is 132 cm³/mol. The van der Waals surface area contributed by atoms with E-state index >= 15 is 0 Å². The largest absolute Gasteiger partial charge is 0.477 e. The molecule has 2 heterocycles. The molecule has 1 saturated heterocycles. The van der Waals surface area contributed by atoms with Crippen molar-refractivity contribution >= 4 is 33.3 Å². The van der Waals surface area contributed by atoms with Gasteiger partial charge in [-0.2, -0.15) is 8.42 Å². The van der Waals surface area contributed by atoms with Crippen molar-refractivity contribution in [3.63, 3.8) is 0 Å². The number of benzene rings is 1. The quantitative estimate of drug-likeness (QED) is 0.573. The summed E-state index contributed by atoms with van der Waals surface area (Å²) in [6.45, 7) is 2.42. The van der Waals surface area contributed by atoms with Gasteiger partial charge in [-0.1, -0.05) is 43.0 Å². The van der Waals surface area contributed by atoms with E-state index in [2.05, 4.69) is 9.71 Å². The highest BCUT2D eigenvalue weighted by Gasteiger charge is 2.54. The highest BCUT2D eigenvalue weighted by Crippen LogP contribution is 2.45. The number of halogens is 1. The number of hydrogen-bond acceptors (Lipinski definition) is 7. The maximum Gasteiger partial charge on any atom is 0.281 e. The third kappa shape index (κ3) is 5.13. The number of nitrogens with zero attached hydrogens (tertiary/aromatic N) is 2. The second kappa shape index (κ2) is 8.94. The zero-order chi connectivity index (χ0) is 24.8. The monoisotopic (exact) mass is 519 g/mol. The van der Waals surface area contributed by atoms with Crippen LogP contribution < -0.4 is 14.4 Å². The molecule has 0 bridgehead atoms. The van der Waals surface area contributed by atoms with E-state index in [1.807, 2.05) is 12.1 Å². The summed E-state index contributed by atoms with van der Waals surface area (Å²) in [5, 5.41) is 10.2. The lowest BCUT2D eigenvalue weighted by atomic mass is 9.83. The van der Waals surface area contributed by atoms with E-state index in [1.165, 1.54) is 12.5 Å². The molecular formula is C25H30ClN3O5S. The number of carbonyl (C=O) groups excluding carboxylic acids is 1. The SMILES string of the molecule is CC1(O)CN(c2cccc(S(=O)(=O)NC(=O)C3(Oc4cc(Cl)ccc4C4CCCCC4)CC3)n2)C1. The van der Waals surface area contributed by atoms with Crippen LogP contribution in [-0.4, -0.2) is 48.7 Å². The average molecular weight is 520 g/mol. The predicted octanol–water partition coefficient (Wildman–Crippen LogP) is 3.77.